The lowest BCUT2D eigenvalue weighted by molar-refractivity contribution is -0.132. The highest BCUT2D eigenvalue weighted by Crippen LogP contribution is 2.35. The number of carbonyl (C=O) groups excluding carboxylic acids is 1. The molecule has 1 heterocycles. The molecule has 1 amide bonds. The Kier molecular flexibility index (Phi) is 4.50. The number of hydrogen-bond acceptors (Lipinski definition) is 4. The maximum absolute atomic E-state index is 12.8. The van der Waals surface area contributed by atoms with Gasteiger partial charge in [-0.15, -0.1) is 11.8 Å². The molecular weight excluding hydrogens is 318 g/mol. The van der Waals surface area contributed by atoms with Crippen LogP contribution in [0, 0.1) is 0 Å². The second-order valence-electron chi connectivity index (χ2n) is 6.11. The molecule has 2 aliphatic rings. The highest BCUT2D eigenvalue weighted by molar-refractivity contribution is 8.00. The summed E-state index contributed by atoms with van der Waals surface area (Å²) >= 11 is 1.54. The average Bonchev–Trinajstić information content (AvgIpc) is 3.24. The van der Waals surface area contributed by atoms with E-state index in [1.165, 1.54) is 0 Å². The maximum Gasteiger partial charge on any atom is 0.236 e. The van der Waals surface area contributed by atoms with E-state index < -0.39 is 9.84 Å². The molecule has 0 N–H and O–H groups in total. The summed E-state index contributed by atoms with van der Waals surface area (Å²) in [5.41, 5.74) is 0. The van der Waals surface area contributed by atoms with Gasteiger partial charge in [-0.25, -0.2) is 8.42 Å². The molecule has 4 nitrogen and oxygen atoms in total. The molecule has 2 fully saturated rings. The number of sulfone groups is 1. The molecule has 1 aromatic rings. The van der Waals surface area contributed by atoms with Gasteiger partial charge < -0.3 is 4.90 Å². The Bertz CT molecular complexity index is 641. The van der Waals surface area contributed by atoms with Gasteiger partial charge >= 0.3 is 0 Å². The molecule has 120 valence electrons. The van der Waals surface area contributed by atoms with Gasteiger partial charge in [0.25, 0.3) is 0 Å². The average molecular weight is 339 g/mol. The molecule has 1 aliphatic heterocycles. The van der Waals surface area contributed by atoms with Crippen LogP contribution in [0.25, 0.3) is 0 Å². The number of hydrogen-bond donors (Lipinski definition) is 0. The molecule has 0 aromatic heterocycles. The summed E-state index contributed by atoms with van der Waals surface area (Å²) in [6.45, 7) is 1.92. The number of benzene rings is 1. The van der Waals surface area contributed by atoms with Gasteiger partial charge in [-0.3, -0.25) is 4.79 Å². The minimum atomic E-state index is -2.97. The zero-order valence-electron chi connectivity index (χ0n) is 12.6. The van der Waals surface area contributed by atoms with Gasteiger partial charge in [-0.05, 0) is 38.3 Å². The summed E-state index contributed by atoms with van der Waals surface area (Å²) in [6.07, 6.45) is 2.60. The van der Waals surface area contributed by atoms with E-state index in [0.29, 0.717) is 6.42 Å². The predicted octanol–water partition coefficient (Wildman–Crippen LogP) is 2.35. The van der Waals surface area contributed by atoms with Gasteiger partial charge in [0.15, 0.2) is 9.84 Å². The first-order chi connectivity index (χ1) is 10.5. The fourth-order valence-corrected chi connectivity index (χ4v) is 5.63. The molecular formula is C16H21NO3S2. The normalized spacial score (nSPS) is 24.9. The first-order valence-electron chi connectivity index (χ1n) is 7.70. The Morgan fingerprint density at radius 3 is 2.41 bits per heavy atom. The van der Waals surface area contributed by atoms with Crippen molar-refractivity contribution in [1.29, 1.82) is 0 Å². The summed E-state index contributed by atoms with van der Waals surface area (Å²) in [4.78, 5) is 15.8. The van der Waals surface area contributed by atoms with Crippen molar-refractivity contribution < 1.29 is 13.2 Å². The van der Waals surface area contributed by atoms with E-state index in [1.54, 1.807) is 11.8 Å². The van der Waals surface area contributed by atoms with E-state index in [-0.39, 0.29) is 34.7 Å². The van der Waals surface area contributed by atoms with Crippen LogP contribution < -0.4 is 0 Å². The van der Waals surface area contributed by atoms with Crippen LogP contribution in [0.2, 0.25) is 0 Å². The van der Waals surface area contributed by atoms with Crippen LogP contribution in [-0.2, 0) is 14.6 Å². The molecule has 1 saturated carbocycles. The summed E-state index contributed by atoms with van der Waals surface area (Å²) in [6, 6.07) is 10.00. The predicted molar refractivity (Wildman–Crippen MR) is 88.7 cm³/mol. The van der Waals surface area contributed by atoms with Crippen LogP contribution in [-0.4, -0.2) is 48.1 Å². The highest BCUT2D eigenvalue weighted by Gasteiger charge is 2.43. The second kappa shape index (κ2) is 6.24. The van der Waals surface area contributed by atoms with Gasteiger partial charge in [-0.2, -0.15) is 0 Å². The second-order valence-corrected chi connectivity index (χ2v) is 9.75. The molecule has 0 radical (unpaired) electrons. The molecule has 1 saturated heterocycles. The summed E-state index contributed by atoms with van der Waals surface area (Å²) in [7, 11) is -2.97. The monoisotopic (exact) mass is 339 g/mol. The standard InChI is InChI=1S/C16H21NO3S2/c1-12(21-15-5-3-2-4-6-15)16(18)17(13-7-8-13)14-9-10-22(19,20)11-14/h2-6,12-14H,7-11H2,1H3. The van der Waals surface area contributed by atoms with E-state index in [0.717, 1.165) is 17.7 Å². The van der Waals surface area contributed by atoms with Gasteiger partial charge in [0.05, 0.1) is 16.8 Å². The zero-order valence-corrected chi connectivity index (χ0v) is 14.3. The van der Waals surface area contributed by atoms with Crippen molar-refractivity contribution in [1.82, 2.24) is 4.90 Å². The van der Waals surface area contributed by atoms with E-state index in [4.69, 9.17) is 0 Å². The van der Waals surface area contributed by atoms with Crippen LogP contribution >= 0.6 is 11.8 Å². The largest absolute Gasteiger partial charge is 0.335 e. The number of thioether (sulfide) groups is 1. The Hall–Kier alpha value is -1.01. The van der Waals surface area contributed by atoms with Gasteiger partial charge in [0.2, 0.25) is 5.91 Å². The van der Waals surface area contributed by atoms with E-state index in [9.17, 15) is 13.2 Å². The number of nitrogens with zero attached hydrogens (tertiary/aromatic N) is 1. The molecule has 1 aromatic carbocycles. The van der Waals surface area contributed by atoms with Crippen molar-refractivity contribution in [3.05, 3.63) is 30.3 Å². The minimum Gasteiger partial charge on any atom is -0.335 e. The van der Waals surface area contributed by atoms with Crippen LogP contribution in [0.15, 0.2) is 35.2 Å². The fourth-order valence-electron chi connectivity index (χ4n) is 2.97. The third-order valence-corrected chi connectivity index (χ3v) is 7.05. The fraction of sp³-hybridized carbons (Fsp3) is 0.562. The molecule has 2 atom stereocenters. The molecule has 22 heavy (non-hydrogen) atoms. The smallest absolute Gasteiger partial charge is 0.236 e. The Labute approximate surface area is 136 Å². The lowest BCUT2D eigenvalue weighted by atomic mass is 10.2. The van der Waals surface area contributed by atoms with Crippen molar-refractivity contribution in [2.24, 2.45) is 0 Å². The Morgan fingerprint density at radius 2 is 1.86 bits per heavy atom. The lowest BCUT2D eigenvalue weighted by Gasteiger charge is -2.30. The van der Waals surface area contributed by atoms with E-state index >= 15 is 0 Å². The van der Waals surface area contributed by atoms with Crippen LogP contribution in [0.4, 0.5) is 0 Å². The van der Waals surface area contributed by atoms with Crippen LogP contribution in [0.5, 0.6) is 0 Å². The van der Waals surface area contributed by atoms with Crippen molar-refractivity contribution >= 4 is 27.5 Å². The van der Waals surface area contributed by atoms with E-state index in [2.05, 4.69) is 0 Å². The van der Waals surface area contributed by atoms with Gasteiger partial charge in [-0.1, -0.05) is 18.2 Å². The molecule has 1 aliphatic carbocycles. The van der Waals surface area contributed by atoms with Crippen LogP contribution in [0.3, 0.4) is 0 Å². The first-order valence-corrected chi connectivity index (χ1v) is 10.4. The summed E-state index contributed by atoms with van der Waals surface area (Å²) in [5, 5.41) is -0.189. The van der Waals surface area contributed by atoms with Crippen molar-refractivity contribution in [3.63, 3.8) is 0 Å². The maximum atomic E-state index is 12.8. The quantitative estimate of drug-likeness (QED) is 0.773. The third-order valence-electron chi connectivity index (χ3n) is 4.20. The SMILES string of the molecule is CC(Sc1ccccc1)C(=O)N(C1CC1)C1CCS(=O)(=O)C1. The van der Waals surface area contributed by atoms with E-state index in [1.807, 2.05) is 42.2 Å². The lowest BCUT2D eigenvalue weighted by Crippen LogP contribution is -2.46. The van der Waals surface area contributed by atoms with Crippen molar-refractivity contribution in [2.45, 2.75) is 48.4 Å². The molecule has 0 bridgehead atoms. The molecule has 2 unspecified atom stereocenters. The molecule has 6 heteroatoms. The first kappa shape index (κ1) is 15.9. The number of amides is 1. The summed E-state index contributed by atoms with van der Waals surface area (Å²) in [5.74, 6) is 0.435. The number of carbonyl (C=O) groups is 1. The molecule has 3 rings (SSSR count). The van der Waals surface area contributed by atoms with Crippen LogP contribution in [0.1, 0.15) is 26.2 Å². The minimum absolute atomic E-state index is 0.0819. The highest BCUT2D eigenvalue weighted by atomic mass is 32.2. The van der Waals surface area contributed by atoms with Gasteiger partial charge in [0, 0.05) is 17.0 Å². The third kappa shape index (κ3) is 3.66. The topological polar surface area (TPSA) is 54.5 Å². The zero-order chi connectivity index (χ0) is 15.7. The van der Waals surface area contributed by atoms with Crippen molar-refractivity contribution in [3.8, 4) is 0 Å². The summed E-state index contributed by atoms with van der Waals surface area (Å²) < 4.78 is 23.5. The number of rotatable bonds is 5. The molecule has 0 spiro atoms. The Morgan fingerprint density at radius 1 is 1.18 bits per heavy atom. The van der Waals surface area contributed by atoms with Gasteiger partial charge in [0.1, 0.15) is 0 Å². The van der Waals surface area contributed by atoms with Crippen molar-refractivity contribution in [2.75, 3.05) is 11.5 Å². The Balaban J connectivity index is 1.70.